The molecule has 2 heterocycles. The molecule has 1 amide bonds. The second-order valence-electron chi connectivity index (χ2n) is 10.8. The van der Waals surface area contributed by atoms with Gasteiger partial charge in [-0.15, -0.1) is 0 Å². The first-order valence-electron chi connectivity index (χ1n) is 13.1. The third-order valence-electron chi connectivity index (χ3n) is 7.81. The number of rotatable bonds is 5. The molecule has 0 spiro atoms. The third-order valence-corrected chi connectivity index (χ3v) is 9.44. The number of fused-ring (bicyclic) bond motifs is 1. The lowest BCUT2D eigenvalue weighted by Crippen LogP contribution is -2.38. The van der Waals surface area contributed by atoms with Crippen molar-refractivity contribution in [3.63, 3.8) is 0 Å². The lowest BCUT2D eigenvalue weighted by molar-refractivity contribution is -0.143. The Morgan fingerprint density at radius 2 is 1.58 bits per heavy atom. The van der Waals surface area contributed by atoms with Gasteiger partial charge in [-0.25, -0.2) is 13.6 Å². The molecule has 0 bridgehead atoms. The second kappa shape index (κ2) is 10.8. The van der Waals surface area contributed by atoms with Crippen LogP contribution in [0, 0.1) is 11.6 Å². The van der Waals surface area contributed by atoms with Crippen LogP contribution in [0.5, 0.6) is 5.75 Å². The van der Waals surface area contributed by atoms with E-state index in [-0.39, 0.29) is 30.6 Å². The molecule has 0 N–H and O–H groups in total. The third kappa shape index (κ3) is 5.53. The molecule has 43 heavy (non-hydrogen) atoms. The van der Waals surface area contributed by atoms with Gasteiger partial charge in [-0.05, 0) is 77.4 Å². The predicted octanol–water partition coefficient (Wildman–Crippen LogP) is 9.96. The molecule has 0 aliphatic carbocycles. The van der Waals surface area contributed by atoms with Gasteiger partial charge in [-0.2, -0.15) is 26.3 Å². The molecule has 2 fully saturated rings. The van der Waals surface area contributed by atoms with Crippen LogP contribution in [0.1, 0.15) is 72.6 Å². The van der Waals surface area contributed by atoms with Crippen LogP contribution < -0.4 is 4.74 Å². The van der Waals surface area contributed by atoms with E-state index in [9.17, 15) is 39.9 Å². The minimum Gasteiger partial charge on any atom is -0.496 e. The van der Waals surface area contributed by atoms with Crippen LogP contribution in [0.2, 0.25) is 0 Å². The van der Waals surface area contributed by atoms with Gasteiger partial charge < -0.3 is 9.47 Å². The summed E-state index contributed by atoms with van der Waals surface area (Å²) in [6.45, 7) is 3.58. The van der Waals surface area contributed by atoms with Crippen molar-refractivity contribution in [2.75, 3.05) is 7.11 Å². The average Bonchev–Trinajstić information content (AvgIpc) is 3.40. The minimum absolute atomic E-state index is 0.00980. The highest BCUT2D eigenvalue weighted by Gasteiger charge is 2.61. The van der Waals surface area contributed by atoms with Gasteiger partial charge in [0.2, 0.25) is 0 Å². The van der Waals surface area contributed by atoms with Gasteiger partial charge in [0, 0.05) is 11.6 Å². The number of hydrogen-bond acceptors (Lipinski definition) is 3. The van der Waals surface area contributed by atoms with Crippen LogP contribution in [0.15, 0.2) is 48.5 Å². The number of cyclic esters (lactones) is 1. The van der Waals surface area contributed by atoms with Crippen LogP contribution in [-0.4, -0.2) is 21.6 Å². The molecule has 13 heteroatoms. The van der Waals surface area contributed by atoms with Gasteiger partial charge in [0.15, 0.2) is 6.10 Å². The van der Waals surface area contributed by atoms with Gasteiger partial charge in [0.05, 0.1) is 24.3 Å². The Bertz CT molecular complexity index is 1560. The molecule has 230 valence electrons. The number of methoxy groups -OCH3 is 1. The van der Waals surface area contributed by atoms with E-state index in [1.807, 2.05) is 22.6 Å². The first-order chi connectivity index (χ1) is 20.0. The zero-order valence-electron chi connectivity index (χ0n) is 22.8. The number of nitrogens with zero attached hydrogens (tertiary/aromatic N) is 1. The van der Waals surface area contributed by atoms with Crippen molar-refractivity contribution >= 4 is 28.7 Å². The Morgan fingerprint density at radius 1 is 0.953 bits per heavy atom. The summed E-state index contributed by atoms with van der Waals surface area (Å²) in [5.74, 6) is -1.22. The first kappa shape index (κ1) is 31.3. The monoisotopic (exact) mass is 725 g/mol. The molecule has 2 aliphatic heterocycles. The van der Waals surface area contributed by atoms with E-state index in [4.69, 9.17) is 9.47 Å². The summed E-state index contributed by atoms with van der Waals surface area (Å²) in [5.41, 5.74) is -2.02. The molecular weight excluding hydrogens is 701 g/mol. The Hall–Kier alpha value is -3.10. The largest absolute Gasteiger partial charge is 0.496 e. The molecule has 1 unspecified atom stereocenters. The highest BCUT2D eigenvalue weighted by Crippen LogP contribution is 2.59. The quantitative estimate of drug-likeness (QED) is 0.114. The van der Waals surface area contributed by atoms with Crippen LogP contribution in [0.3, 0.4) is 0 Å². The van der Waals surface area contributed by atoms with Crippen LogP contribution in [0.25, 0.3) is 11.1 Å². The normalized spacial score (nSPS) is 22.3. The zero-order chi connectivity index (χ0) is 31.6. The first-order valence-corrected chi connectivity index (χ1v) is 14.2. The lowest BCUT2D eigenvalue weighted by Gasteiger charge is -2.31. The molecular formula is C30H24F8INO3. The fraction of sp³-hybridized carbons (Fsp3) is 0.367. The lowest BCUT2D eigenvalue weighted by atomic mass is 9.90. The van der Waals surface area contributed by atoms with Crippen molar-refractivity contribution in [3.8, 4) is 16.9 Å². The van der Waals surface area contributed by atoms with Gasteiger partial charge in [0.25, 0.3) is 0 Å². The van der Waals surface area contributed by atoms with Crippen molar-refractivity contribution in [2.24, 2.45) is 0 Å². The molecule has 4 nitrogen and oxygen atoms in total. The van der Waals surface area contributed by atoms with Crippen LogP contribution in [0.4, 0.5) is 39.9 Å². The molecule has 3 aromatic rings. The number of amides is 1. The van der Waals surface area contributed by atoms with Crippen LogP contribution in [-0.2, 0) is 17.1 Å². The minimum atomic E-state index is -5.09. The van der Waals surface area contributed by atoms with Crippen molar-refractivity contribution in [1.29, 1.82) is 0 Å². The summed E-state index contributed by atoms with van der Waals surface area (Å²) >= 11 is 1.82. The Morgan fingerprint density at radius 3 is 2.14 bits per heavy atom. The second-order valence-corrected chi connectivity index (χ2v) is 12.7. The highest BCUT2D eigenvalue weighted by atomic mass is 127. The van der Waals surface area contributed by atoms with E-state index in [0.717, 1.165) is 0 Å². The fourth-order valence-corrected chi connectivity index (χ4v) is 7.16. The number of ether oxygens (including phenoxy) is 2. The van der Waals surface area contributed by atoms with Crippen molar-refractivity contribution < 1.29 is 49.4 Å². The van der Waals surface area contributed by atoms with E-state index in [2.05, 4.69) is 0 Å². The number of halogens is 9. The molecule has 2 saturated heterocycles. The maximum Gasteiger partial charge on any atom is 0.416 e. The molecule has 5 rings (SSSR count). The molecule has 2 aliphatic rings. The maximum atomic E-state index is 14.8. The van der Waals surface area contributed by atoms with E-state index < -0.39 is 62.5 Å². The average molecular weight is 725 g/mol. The van der Waals surface area contributed by atoms with E-state index in [0.29, 0.717) is 34.4 Å². The Labute approximate surface area is 255 Å². The van der Waals surface area contributed by atoms with Crippen LogP contribution >= 0.6 is 22.6 Å². The van der Waals surface area contributed by atoms with E-state index in [1.165, 1.54) is 36.3 Å². The summed E-state index contributed by atoms with van der Waals surface area (Å²) in [6, 6.07) is 6.88. The number of hydrogen-bond donors (Lipinski definition) is 0. The standard InChI is InChI=1S/C30H24F8INO3/c1-14(2)20-12-22(25(42-3)13-23(20)32)19-5-4-18(31)11-21(19)24-6-7-28(39)26(43-27(41)40(24)28)15-8-16(29(33,34)35)10-17(9-15)30(36,37)38/h4-5,8-14,24,26H,6-7H2,1-3H3/t24-,26+,28?/m0/s1. The molecule has 3 atom stereocenters. The van der Waals surface area contributed by atoms with Gasteiger partial charge in [-0.1, -0.05) is 42.5 Å². The Kier molecular flexibility index (Phi) is 7.87. The SMILES string of the molecule is COc1cc(F)c(C(C)C)cc1-c1ccc(F)cc1[C@@H]1CCC2(I)[C@@H](c3cc(C(F)(F)F)cc(C(F)(F)F)c3)OC(=O)N12. The summed E-state index contributed by atoms with van der Waals surface area (Å²) in [4.78, 5) is 14.6. The number of carbonyl (C=O) groups excluding carboxylic acids is 1. The highest BCUT2D eigenvalue weighted by molar-refractivity contribution is 14.1. The molecule has 0 saturated carbocycles. The van der Waals surface area contributed by atoms with E-state index in [1.54, 1.807) is 19.9 Å². The number of benzene rings is 3. The van der Waals surface area contributed by atoms with Gasteiger partial charge >= 0.3 is 18.4 Å². The van der Waals surface area contributed by atoms with Gasteiger partial charge in [-0.3, -0.25) is 4.90 Å². The molecule has 0 radical (unpaired) electrons. The van der Waals surface area contributed by atoms with Gasteiger partial charge in [0.1, 0.15) is 20.9 Å². The van der Waals surface area contributed by atoms with Crippen molar-refractivity contribution in [3.05, 3.63) is 88.0 Å². The fourth-order valence-electron chi connectivity index (χ4n) is 5.83. The summed E-state index contributed by atoms with van der Waals surface area (Å²) < 4.78 is 121. The topological polar surface area (TPSA) is 38.8 Å². The smallest absolute Gasteiger partial charge is 0.416 e. The zero-order valence-corrected chi connectivity index (χ0v) is 25.0. The van der Waals surface area contributed by atoms with Crippen molar-refractivity contribution in [2.45, 2.75) is 60.7 Å². The van der Waals surface area contributed by atoms with Crippen molar-refractivity contribution in [1.82, 2.24) is 4.90 Å². The number of alkyl halides is 7. The summed E-state index contributed by atoms with van der Waals surface area (Å²) in [7, 11) is 1.34. The number of carbonyl (C=O) groups is 1. The molecule has 3 aromatic carbocycles. The summed E-state index contributed by atoms with van der Waals surface area (Å²) in [6.07, 6.45) is -12.3. The Balaban J connectivity index is 1.62. The molecule has 0 aromatic heterocycles. The maximum absolute atomic E-state index is 14.8. The predicted molar refractivity (Wildman–Crippen MR) is 149 cm³/mol. The summed E-state index contributed by atoms with van der Waals surface area (Å²) in [5, 5.41) is 0. The van der Waals surface area contributed by atoms with E-state index >= 15 is 0 Å².